The fourth-order valence-corrected chi connectivity index (χ4v) is 5.46. The molecule has 0 aromatic carbocycles. The lowest BCUT2D eigenvalue weighted by Crippen LogP contribution is -2.37. The molecule has 2 atom stereocenters. The number of imidazole rings is 1. The number of hydrogen-bond donors (Lipinski definition) is 3. The summed E-state index contributed by atoms with van der Waals surface area (Å²) in [6.07, 6.45) is 22.3. The smallest absolute Gasteiger partial charge is 0.323 e. The minimum absolute atomic E-state index is 0.00938. The summed E-state index contributed by atoms with van der Waals surface area (Å²) in [6, 6.07) is -0.680. The Labute approximate surface area is 269 Å². The Balaban J connectivity index is 1.66. The standard InChI is InChI=1S/C34H60N6O5/c1-4-5-6-7-8-9-10-11-12-13-14-15-16-17-18-19-28(41)44-22-20-27(21-23-45-33(43)29(35)26(2)3)24-40-25-37-30-31(40)38-34(36)39-32(30)42/h25-27,29H,4-24,35H2,1-3H3,(H3,36,38,39,42). The highest BCUT2D eigenvalue weighted by atomic mass is 16.5. The molecule has 0 saturated carbocycles. The summed E-state index contributed by atoms with van der Waals surface area (Å²) in [5, 5.41) is 0. The highest BCUT2D eigenvalue weighted by Gasteiger charge is 2.20. The average molecular weight is 633 g/mol. The summed E-state index contributed by atoms with van der Waals surface area (Å²) in [7, 11) is 0. The number of fused-ring (bicyclic) bond motifs is 1. The van der Waals surface area contributed by atoms with Crippen LogP contribution in [0, 0.1) is 11.8 Å². The summed E-state index contributed by atoms with van der Waals surface area (Å²) in [6.45, 7) is 6.88. The lowest BCUT2D eigenvalue weighted by molar-refractivity contribution is -0.146. The summed E-state index contributed by atoms with van der Waals surface area (Å²) in [5.41, 5.74) is 11.8. The molecule has 5 N–H and O–H groups in total. The first-order valence-corrected chi connectivity index (χ1v) is 17.5. The number of nitrogen functional groups attached to an aromatic ring is 1. The van der Waals surface area contributed by atoms with E-state index in [2.05, 4.69) is 21.9 Å². The molecule has 0 aliphatic carbocycles. The molecule has 0 amide bonds. The SMILES string of the molecule is CCCCCCCCCCCCCCCCCC(=O)OCCC(CCOC(=O)C(N)C(C)C)Cn1cnc2c(=O)[nH]c(N)nc21. The maximum Gasteiger partial charge on any atom is 0.323 e. The Bertz CT molecular complexity index is 1160. The van der Waals surface area contributed by atoms with Crippen molar-refractivity contribution in [2.45, 2.75) is 149 Å². The van der Waals surface area contributed by atoms with Crippen LogP contribution in [0.25, 0.3) is 11.2 Å². The van der Waals surface area contributed by atoms with Gasteiger partial charge in [0.1, 0.15) is 6.04 Å². The Morgan fingerprint density at radius 1 is 0.867 bits per heavy atom. The van der Waals surface area contributed by atoms with Crippen molar-refractivity contribution in [1.29, 1.82) is 0 Å². The van der Waals surface area contributed by atoms with Gasteiger partial charge in [-0.3, -0.25) is 19.4 Å². The van der Waals surface area contributed by atoms with Crippen molar-refractivity contribution in [3.63, 3.8) is 0 Å². The van der Waals surface area contributed by atoms with Gasteiger partial charge in [-0.15, -0.1) is 0 Å². The quantitative estimate of drug-likeness (QED) is 0.0781. The normalized spacial score (nSPS) is 12.9. The van der Waals surface area contributed by atoms with E-state index in [0.717, 1.165) is 19.3 Å². The minimum atomic E-state index is -0.680. The van der Waals surface area contributed by atoms with Gasteiger partial charge in [-0.1, -0.05) is 111 Å². The van der Waals surface area contributed by atoms with E-state index in [1.807, 2.05) is 13.8 Å². The van der Waals surface area contributed by atoms with Crippen molar-refractivity contribution in [3.05, 3.63) is 16.7 Å². The van der Waals surface area contributed by atoms with Crippen LogP contribution in [0.3, 0.4) is 0 Å². The number of aromatic amines is 1. The molecule has 2 unspecified atom stereocenters. The maximum absolute atomic E-state index is 12.4. The van der Waals surface area contributed by atoms with Crippen LogP contribution in [0.2, 0.25) is 0 Å². The Kier molecular flexibility index (Phi) is 19.1. The molecule has 11 heteroatoms. The molecule has 45 heavy (non-hydrogen) atoms. The number of H-pyrrole nitrogens is 1. The van der Waals surface area contributed by atoms with Gasteiger partial charge in [0.15, 0.2) is 11.2 Å². The Morgan fingerprint density at radius 3 is 1.96 bits per heavy atom. The van der Waals surface area contributed by atoms with Crippen LogP contribution in [0.5, 0.6) is 0 Å². The zero-order chi connectivity index (χ0) is 32.9. The van der Waals surface area contributed by atoms with Gasteiger partial charge in [0.25, 0.3) is 5.56 Å². The predicted octanol–water partition coefficient (Wildman–Crippen LogP) is 6.43. The molecule has 0 fully saturated rings. The molecule has 256 valence electrons. The number of carbonyl (C=O) groups is 2. The fourth-order valence-electron chi connectivity index (χ4n) is 5.46. The van der Waals surface area contributed by atoms with E-state index in [0.29, 0.717) is 31.5 Å². The third-order valence-corrected chi connectivity index (χ3v) is 8.48. The van der Waals surface area contributed by atoms with Crippen molar-refractivity contribution in [1.82, 2.24) is 19.5 Å². The van der Waals surface area contributed by atoms with Gasteiger partial charge < -0.3 is 25.5 Å². The number of unbranched alkanes of at least 4 members (excludes halogenated alkanes) is 14. The van der Waals surface area contributed by atoms with E-state index >= 15 is 0 Å². The zero-order valence-electron chi connectivity index (χ0n) is 28.2. The van der Waals surface area contributed by atoms with Gasteiger partial charge in [0, 0.05) is 13.0 Å². The Morgan fingerprint density at radius 2 is 1.40 bits per heavy atom. The molecular formula is C34H60N6O5. The molecule has 0 bridgehead atoms. The minimum Gasteiger partial charge on any atom is -0.466 e. The van der Waals surface area contributed by atoms with E-state index in [1.165, 1.54) is 77.0 Å². The van der Waals surface area contributed by atoms with Crippen LogP contribution < -0.4 is 17.0 Å². The van der Waals surface area contributed by atoms with Gasteiger partial charge in [-0.2, -0.15) is 4.98 Å². The van der Waals surface area contributed by atoms with E-state index in [4.69, 9.17) is 20.9 Å². The van der Waals surface area contributed by atoms with Crippen LogP contribution in [-0.4, -0.2) is 50.7 Å². The second-order valence-electron chi connectivity index (χ2n) is 12.8. The lowest BCUT2D eigenvalue weighted by atomic mass is 10.0. The molecule has 11 nitrogen and oxygen atoms in total. The van der Waals surface area contributed by atoms with Crippen molar-refractivity contribution in [2.24, 2.45) is 17.6 Å². The van der Waals surface area contributed by atoms with E-state index in [-0.39, 0.29) is 42.5 Å². The molecule has 2 heterocycles. The number of nitrogens with two attached hydrogens (primary N) is 2. The summed E-state index contributed by atoms with van der Waals surface area (Å²) in [5.74, 6) is -0.676. The van der Waals surface area contributed by atoms with Crippen molar-refractivity contribution in [2.75, 3.05) is 18.9 Å². The number of carbonyl (C=O) groups excluding carboxylic acids is 2. The third kappa shape index (κ3) is 15.7. The van der Waals surface area contributed by atoms with Gasteiger partial charge in [-0.25, -0.2) is 4.98 Å². The van der Waals surface area contributed by atoms with Crippen LogP contribution in [0.4, 0.5) is 5.95 Å². The van der Waals surface area contributed by atoms with Crippen LogP contribution >= 0.6 is 0 Å². The van der Waals surface area contributed by atoms with E-state index in [1.54, 1.807) is 10.9 Å². The molecule has 0 radical (unpaired) electrons. The number of aromatic nitrogens is 4. The highest BCUT2D eigenvalue weighted by molar-refractivity contribution is 5.75. The number of anilines is 1. The highest BCUT2D eigenvalue weighted by Crippen LogP contribution is 2.18. The summed E-state index contributed by atoms with van der Waals surface area (Å²) in [4.78, 5) is 47.7. The van der Waals surface area contributed by atoms with Crippen LogP contribution in [0.15, 0.2) is 11.1 Å². The van der Waals surface area contributed by atoms with Gasteiger partial charge in [0.05, 0.1) is 19.5 Å². The number of nitrogens with zero attached hydrogens (tertiary/aromatic N) is 3. The third-order valence-electron chi connectivity index (χ3n) is 8.48. The van der Waals surface area contributed by atoms with Crippen molar-refractivity contribution < 1.29 is 19.1 Å². The molecule has 2 aromatic heterocycles. The lowest BCUT2D eigenvalue weighted by Gasteiger charge is -2.19. The molecular weight excluding hydrogens is 572 g/mol. The number of nitrogens with one attached hydrogen (secondary N) is 1. The first-order valence-electron chi connectivity index (χ1n) is 17.5. The van der Waals surface area contributed by atoms with Gasteiger partial charge in [-0.05, 0) is 31.1 Å². The largest absolute Gasteiger partial charge is 0.466 e. The van der Waals surface area contributed by atoms with Gasteiger partial charge >= 0.3 is 11.9 Å². The molecule has 2 rings (SSSR count). The number of rotatable bonds is 26. The topological polar surface area (TPSA) is 168 Å². The monoisotopic (exact) mass is 632 g/mol. The number of hydrogen-bond acceptors (Lipinski definition) is 9. The Hall–Kier alpha value is -2.95. The average Bonchev–Trinajstić information content (AvgIpc) is 3.40. The van der Waals surface area contributed by atoms with Gasteiger partial charge in [0.2, 0.25) is 5.95 Å². The second kappa shape index (κ2) is 22.5. The fraction of sp³-hybridized carbons (Fsp3) is 0.794. The zero-order valence-corrected chi connectivity index (χ0v) is 28.2. The van der Waals surface area contributed by atoms with E-state index < -0.39 is 17.6 Å². The second-order valence-corrected chi connectivity index (χ2v) is 12.8. The summed E-state index contributed by atoms with van der Waals surface area (Å²) >= 11 is 0. The van der Waals surface area contributed by atoms with Crippen LogP contribution in [0.1, 0.15) is 136 Å². The predicted molar refractivity (Wildman–Crippen MR) is 180 cm³/mol. The van der Waals surface area contributed by atoms with Crippen molar-refractivity contribution in [3.8, 4) is 0 Å². The molecule has 0 aliphatic heterocycles. The summed E-state index contributed by atoms with van der Waals surface area (Å²) < 4.78 is 12.7. The first-order chi connectivity index (χ1) is 21.7. The molecule has 0 aliphatic rings. The maximum atomic E-state index is 12.4. The number of ether oxygens (including phenoxy) is 2. The molecule has 2 aromatic rings. The molecule has 0 spiro atoms. The first kappa shape index (κ1) is 38.2. The van der Waals surface area contributed by atoms with E-state index in [9.17, 15) is 14.4 Å². The van der Waals surface area contributed by atoms with Crippen LogP contribution in [-0.2, 0) is 25.6 Å². The van der Waals surface area contributed by atoms with Crippen molar-refractivity contribution >= 4 is 29.1 Å². The number of esters is 2. The molecule has 0 saturated heterocycles.